The number of nitrogens with two attached hydrogens (primary N) is 1. The van der Waals surface area contributed by atoms with Gasteiger partial charge < -0.3 is 15.5 Å². The van der Waals surface area contributed by atoms with Gasteiger partial charge in [-0.15, -0.1) is 11.3 Å². The molecule has 3 aromatic rings. The molecule has 0 aliphatic heterocycles. The van der Waals surface area contributed by atoms with Crippen LogP contribution in [0.25, 0.3) is 11.0 Å². The van der Waals surface area contributed by atoms with E-state index in [2.05, 4.69) is 10.3 Å². The van der Waals surface area contributed by atoms with Crippen molar-refractivity contribution in [3.63, 3.8) is 0 Å². The molecule has 1 amide bonds. The third-order valence-corrected chi connectivity index (χ3v) is 3.92. The minimum Gasteiger partial charge on any atom is -0.451 e. The quantitative estimate of drug-likeness (QED) is 0.726. The number of carbonyl (C=O) groups is 1. The normalized spacial score (nSPS) is 10.9. The lowest BCUT2D eigenvalue weighted by molar-refractivity contribution is 0.0928. The van der Waals surface area contributed by atoms with Crippen molar-refractivity contribution < 1.29 is 9.21 Å². The molecule has 0 fully saturated rings. The third-order valence-electron chi connectivity index (χ3n) is 3.10. The highest BCUT2D eigenvalue weighted by Crippen LogP contribution is 2.21. The lowest BCUT2D eigenvalue weighted by atomic mass is 10.2. The van der Waals surface area contributed by atoms with E-state index in [1.807, 2.05) is 12.3 Å². The molecule has 1 aromatic carbocycles. The molecule has 21 heavy (non-hydrogen) atoms. The fourth-order valence-corrected chi connectivity index (χ4v) is 2.74. The van der Waals surface area contributed by atoms with E-state index in [1.165, 1.54) is 0 Å². The number of hydrogen-bond donors (Lipinski definition) is 2. The fourth-order valence-electron chi connectivity index (χ4n) is 2.09. The summed E-state index contributed by atoms with van der Waals surface area (Å²) in [7, 11) is 0. The largest absolute Gasteiger partial charge is 0.451 e. The van der Waals surface area contributed by atoms with Crippen LogP contribution in [-0.4, -0.2) is 17.4 Å². The van der Waals surface area contributed by atoms with E-state index in [0.717, 1.165) is 16.1 Å². The van der Waals surface area contributed by atoms with E-state index < -0.39 is 0 Å². The Balaban J connectivity index is 1.63. The number of rotatable bonds is 4. The molecular weight excluding hydrogens is 286 g/mol. The number of nitrogens with zero attached hydrogens (tertiary/aromatic N) is 1. The molecule has 0 bridgehead atoms. The van der Waals surface area contributed by atoms with Crippen LogP contribution in [0.4, 0.5) is 5.69 Å². The number of nitrogens with one attached hydrogen (secondary N) is 1. The number of benzene rings is 1. The van der Waals surface area contributed by atoms with Gasteiger partial charge in [0.1, 0.15) is 5.58 Å². The Hall–Kier alpha value is -2.34. The summed E-state index contributed by atoms with van der Waals surface area (Å²) < 4.78 is 5.51. The lowest BCUT2D eigenvalue weighted by Gasteiger charge is -2.00. The number of thiazole rings is 1. The molecule has 5 nitrogen and oxygen atoms in total. The summed E-state index contributed by atoms with van der Waals surface area (Å²) in [5.41, 5.74) is 8.01. The Bertz CT molecular complexity index is 791. The van der Waals surface area contributed by atoms with Gasteiger partial charge >= 0.3 is 0 Å². The van der Waals surface area contributed by atoms with E-state index in [-0.39, 0.29) is 5.91 Å². The summed E-state index contributed by atoms with van der Waals surface area (Å²) in [6.45, 7) is 2.49. The van der Waals surface area contributed by atoms with Crippen LogP contribution in [-0.2, 0) is 6.42 Å². The first kappa shape index (κ1) is 13.6. The van der Waals surface area contributed by atoms with Crippen molar-refractivity contribution in [3.8, 4) is 0 Å². The molecular formula is C15H15N3O2S. The Labute approximate surface area is 125 Å². The first-order chi connectivity index (χ1) is 10.1. The summed E-state index contributed by atoms with van der Waals surface area (Å²) in [6, 6.07) is 7.00. The number of carbonyl (C=O) groups excluding carboxylic acids is 1. The lowest BCUT2D eigenvalue weighted by Crippen LogP contribution is -2.25. The highest BCUT2D eigenvalue weighted by atomic mass is 32.1. The zero-order chi connectivity index (χ0) is 14.8. The van der Waals surface area contributed by atoms with Crippen LogP contribution in [0.5, 0.6) is 0 Å². The molecule has 0 saturated carbocycles. The summed E-state index contributed by atoms with van der Waals surface area (Å²) in [4.78, 5) is 16.4. The van der Waals surface area contributed by atoms with Gasteiger partial charge in [-0.05, 0) is 31.2 Å². The van der Waals surface area contributed by atoms with Gasteiger partial charge in [-0.1, -0.05) is 0 Å². The van der Waals surface area contributed by atoms with Crippen molar-refractivity contribution >= 4 is 33.9 Å². The predicted octanol–water partition coefficient (Wildman–Crippen LogP) is 2.75. The van der Waals surface area contributed by atoms with Gasteiger partial charge in [-0.2, -0.15) is 0 Å². The van der Waals surface area contributed by atoms with Gasteiger partial charge in [0.15, 0.2) is 5.76 Å². The van der Waals surface area contributed by atoms with Gasteiger partial charge in [-0.3, -0.25) is 4.79 Å². The minimum absolute atomic E-state index is 0.225. The number of furan rings is 1. The first-order valence-corrected chi connectivity index (χ1v) is 7.48. The zero-order valence-electron chi connectivity index (χ0n) is 11.6. The number of fused-ring (bicyclic) bond motifs is 1. The monoisotopic (exact) mass is 301 g/mol. The standard InChI is InChI=1S/C15H15N3O2S/c1-9-18-12(8-21-9)4-5-17-15(19)14-7-10-6-11(16)2-3-13(10)20-14/h2-3,6-8H,4-5,16H2,1H3,(H,17,19). The van der Waals surface area contributed by atoms with Crippen molar-refractivity contribution in [1.82, 2.24) is 10.3 Å². The Morgan fingerprint density at radius 2 is 2.29 bits per heavy atom. The maximum Gasteiger partial charge on any atom is 0.287 e. The Morgan fingerprint density at radius 3 is 3.05 bits per heavy atom. The molecule has 0 spiro atoms. The van der Waals surface area contributed by atoms with E-state index >= 15 is 0 Å². The topological polar surface area (TPSA) is 81.2 Å². The highest BCUT2D eigenvalue weighted by molar-refractivity contribution is 7.09. The number of hydrogen-bond acceptors (Lipinski definition) is 5. The maximum absolute atomic E-state index is 12.0. The number of aromatic nitrogens is 1. The second kappa shape index (κ2) is 5.57. The molecule has 0 unspecified atom stereocenters. The summed E-state index contributed by atoms with van der Waals surface area (Å²) in [6.07, 6.45) is 0.712. The predicted molar refractivity (Wildman–Crippen MR) is 83.5 cm³/mol. The third kappa shape index (κ3) is 3.05. The number of anilines is 1. The van der Waals surface area contributed by atoms with Crippen LogP contribution >= 0.6 is 11.3 Å². The molecule has 108 valence electrons. The number of nitrogen functional groups attached to an aromatic ring is 1. The van der Waals surface area contributed by atoms with Crippen LogP contribution in [0.3, 0.4) is 0 Å². The molecule has 3 rings (SSSR count). The number of aryl methyl sites for hydroxylation is 1. The highest BCUT2D eigenvalue weighted by Gasteiger charge is 2.12. The van der Waals surface area contributed by atoms with Gasteiger partial charge in [-0.25, -0.2) is 4.98 Å². The molecule has 0 atom stereocenters. The molecule has 3 N–H and O–H groups in total. The minimum atomic E-state index is -0.225. The Kier molecular flexibility index (Phi) is 3.62. The molecule has 0 saturated heterocycles. The van der Waals surface area contributed by atoms with E-state index in [1.54, 1.807) is 35.6 Å². The first-order valence-electron chi connectivity index (χ1n) is 6.60. The van der Waals surface area contributed by atoms with Gasteiger partial charge in [0.25, 0.3) is 5.91 Å². The van der Waals surface area contributed by atoms with Gasteiger partial charge in [0, 0.05) is 29.4 Å². The van der Waals surface area contributed by atoms with E-state index in [9.17, 15) is 4.79 Å². The molecule has 0 radical (unpaired) electrons. The van der Waals surface area contributed by atoms with E-state index in [4.69, 9.17) is 10.2 Å². The molecule has 6 heteroatoms. The van der Waals surface area contributed by atoms with Crippen LogP contribution in [0.1, 0.15) is 21.3 Å². The van der Waals surface area contributed by atoms with Crippen molar-refractivity contribution in [3.05, 3.63) is 46.1 Å². The zero-order valence-corrected chi connectivity index (χ0v) is 12.4. The van der Waals surface area contributed by atoms with Crippen LogP contribution in [0.15, 0.2) is 34.1 Å². The summed E-state index contributed by atoms with van der Waals surface area (Å²) in [5.74, 6) is 0.0711. The van der Waals surface area contributed by atoms with Crippen molar-refractivity contribution in [2.75, 3.05) is 12.3 Å². The summed E-state index contributed by atoms with van der Waals surface area (Å²) in [5, 5.41) is 6.70. The van der Waals surface area contributed by atoms with Crippen LogP contribution in [0, 0.1) is 6.92 Å². The van der Waals surface area contributed by atoms with Crippen LogP contribution < -0.4 is 11.1 Å². The van der Waals surface area contributed by atoms with Gasteiger partial charge in [0.2, 0.25) is 0 Å². The van der Waals surface area contributed by atoms with Crippen molar-refractivity contribution in [2.24, 2.45) is 0 Å². The van der Waals surface area contributed by atoms with E-state index in [0.29, 0.717) is 30.0 Å². The molecule has 0 aliphatic rings. The molecule has 0 aliphatic carbocycles. The average molecular weight is 301 g/mol. The second-order valence-corrected chi connectivity index (χ2v) is 5.83. The smallest absolute Gasteiger partial charge is 0.287 e. The average Bonchev–Trinajstić information content (AvgIpc) is 3.04. The van der Waals surface area contributed by atoms with Gasteiger partial charge in [0.05, 0.1) is 10.7 Å². The Morgan fingerprint density at radius 1 is 1.43 bits per heavy atom. The SMILES string of the molecule is Cc1nc(CCNC(=O)c2cc3cc(N)ccc3o2)cs1. The van der Waals surface area contributed by atoms with Crippen molar-refractivity contribution in [1.29, 1.82) is 0 Å². The summed E-state index contributed by atoms with van der Waals surface area (Å²) >= 11 is 1.61. The van der Waals surface area contributed by atoms with Crippen LogP contribution in [0.2, 0.25) is 0 Å². The number of amides is 1. The van der Waals surface area contributed by atoms with Crippen molar-refractivity contribution in [2.45, 2.75) is 13.3 Å². The second-order valence-electron chi connectivity index (χ2n) is 4.77. The maximum atomic E-state index is 12.0. The molecule has 2 aromatic heterocycles. The fraction of sp³-hybridized carbons (Fsp3) is 0.200. The molecule has 2 heterocycles.